The van der Waals surface area contributed by atoms with E-state index >= 15 is 0 Å². The Morgan fingerprint density at radius 3 is 2.87 bits per heavy atom. The molecule has 0 saturated heterocycles. The highest BCUT2D eigenvalue weighted by Gasteiger charge is 2.00. The first-order valence-corrected chi connectivity index (χ1v) is 5.23. The number of hydrogen-bond acceptors (Lipinski definition) is 3. The first-order chi connectivity index (χ1) is 7.25. The van der Waals surface area contributed by atoms with Crippen molar-refractivity contribution in [2.75, 3.05) is 0 Å². The normalized spacial score (nSPS) is 10.3. The minimum Gasteiger partial charge on any atom is -0.486 e. The van der Waals surface area contributed by atoms with Gasteiger partial charge in [-0.05, 0) is 22.0 Å². The molecule has 0 fully saturated rings. The Balaban J connectivity index is 2.02. The van der Waals surface area contributed by atoms with E-state index in [9.17, 15) is 0 Å². The van der Waals surface area contributed by atoms with E-state index < -0.39 is 0 Å². The van der Waals surface area contributed by atoms with Crippen molar-refractivity contribution in [1.29, 1.82) is 0 Å². The van der Waals surface area contributed by atoms with Gasteiger partial charge in [-0.3, -0.25) is 4.98 Å². The van der Waals surface area contributed by atoms with Gasteiger partial charge in [0, 0.05) is 17.7 Å². The van der Waals surface area contributed by atoms with Crippen LogP contribution in [0.25, 0.3) is 0 Å². The molecule has 78 valence electrons. The molecule has 0 radical (unpaired) electrons. The second kappa shape index (κ2) is 4.44. The summed E-state index contributed by atoms with van der Waals surface area (Å²) < 4.78 is 8.39. The fourth-order valence-electron chi connectivity index (χ4n) is 1.15. The number of ether oxygens (including phenoxy) is 1. The average Bonchev–Trinajstić information content (AvgIpc) is 2.61. The van der Waals surface area contributed by atoms with Gasteiger partial charge in [-0.2, -0.15) is 0 Å². The van der Waals surface area contributed by atoms with Gasteiger partial charge in [-0.15, -0.1) is 0 Å². The number of nitrogens with zero attached hydrogens (tertiary/aromatic N) is 3. The van der Waals surface area contributed by atoms with Gasteiger partial charge in [0.2, 0.25) is 0 Å². The summed E-state index contributed by atoms with van der Waals surface area (Å²) in [5.41, 5.74) is 1.02. The van der Waals surface area contributed by atoms with Gasteiger partial charge in [0.15, 0.2) is 0 Å². The maximum Gasteiger partial charge on any atom is 0.139 e. The molecule has 0 aliphatic heterocycles. The van der Waals surface area contributed by atoms with E-state index in [0.717, 1.165) is 15.9 Å². The highest BCUT2D eigenvalue weighted by atomic mass is 79.9. The number of halogens is 1. The molecule has 15 heavy (non-hydrogen) atoms. The lowest BCUT2D eigenvalue weighted by molar-refractivity contribution is 0.295. The topological polar surface area (TPSA) is 39.9 Å². The predicted molar refractivity (Wildman–Crippen MR) is 59.5 cm³/mol. The highest BCUT2D eigenvalue weighted by Crippen LogP contribution is 2.16. The molecule has 0 aliphatic carbocycles. The second-order valence-electron chi connectivity index (χ2n) is 3.12. The largest absolute Gasteiger partial charge is 0.486 e. The first-order valence-electron chi connectivity index (χ1n) is 4.44. The van der Waals surface area contributed by atoms with Crippen LogP contribution in [0.1, 0.15) is 5.69 Å². The van der Waals surface area contributed by atoms with Gasteiger partial charge in [-0.25, -0.2) is 4.98 Å². The molecule has 2 rings (SSSR count). The molecular weight excluding hydrogens is 258 g/mol. The summed E-state index contributed by atoms with van der Waals surface area (Å²) in [7, 11) is 1.94. The lowest BCUT2D eigenvalue weighted by atomic mass is 10.4. The van der Waals surface area contributed by atoms with Gasteiger partial charge in [0.05, 0.1) is 24.4 Å². The Labute approximate surface area is 96.1 Å². The standard InChI is InChI=1S/C10H10BrN3O/c1-14-7-13-4-9(14)6-15-10-2-8(11)3-12-5-10/h2-5,7H,6H2,1H3. The van der Waals surface area contributed by atoms with Crippen LogP contribution in [0.4, 0.5) is 0 Å². The van der Waals surface area contributed by atoms with Crippen molar-refractivity contribution in [3.05, 3.63) is 41.2 Å². The lowest BCUT2D eigenvalue weighted by Gasteiger charge is -2.05. The molecule has 0 spiro atoms. The highest BCUT2D eigenvalue weighted by molar-refractivity contribution is 9.10. The lowest BCUT2D eigenvalue weighted by Crippen LogP contribution is -2.01. The van der Waals surface area contributed by atoms with E-state index in [1.54, 1.807) is 24.9 Å². The first kappa shape index (κ1) is 10.2. The molecule has 0 atom stereocenters. The molecule has 2 aromatic heterocycles. The zero-order valence-corrected chi connectivity index (χ0v) is 9.81. The Kier molecular flexibility index (Phi) is 3.01. The van der Waals surface area contributed by atoms with E-state index in [1.165, 1.54) is 0 Å². The van der Waals surface area contributed by atoms with E-state index in [-0.39, 0.29) is 0 Å². The summed E-state index contributed by atoms with van der Waals surface area (Å²) in [5, 5.41) is 0. The quantitative estimate of drug-likeness (QED) is 0.856. The van der Waals surface area contributed by atoms with E-state index in [0.29, 0.717) is 6.61 Å². The molecule has 4 nitrogen and oxygen atoms in total. The predicted octanol–water partition coefficient (Wildman–Crippen LogP) is 2.16. The summed E-state index contributed by atoms with van der Waals surface area (Å²) in [6.45, 7) is 0.495. The van der Waals surface area contributed by atoms with Crippen molar-refractivity contribution >= 4 is 15.9 Å². The molecule has 0 amide bonds. The maximum absolute atomic E-state index is 5.56. The Morgan fingerprint density at radius 2 is 2.20 bits per heavy atom. The van der Waals surface area contributed by atoms with Crippen molar-refractivity contribution < 1.29 is 4.74 Å². The number of pyridine rings is 1. The van der Waals surface area contributed by atoms with Crippen molar-refractivity contribution in [2.45, 2.75) is 6.61 Å². The SMILES string of the molecule is Cn1cncc1COc1cncc(Br)c1. The van der Waals surface area contributed by atoms with E-state index in [4.69, 9.17) is 4.74 Å². The third kappa shape index (κ3) is 2.56. The fourth-order valence-corrected chi connectivity index (χ4v) is 1.50. The van der Waals surface area contributed by atoms with Crippen LogP contribution in [-0.2, 0) is 13.7 Å². The van der Waals surface area contributed by atoms with E-state index in [1.807, 2.05) is 17.7 Å². The van der Waals surface area contributed by atoms with Crippen LogP contribution < -0.4 is 4.74 Å². The fraction of sp³-hybridized carbons (Fsp3) is 0.200. The summed E-state index contributed by atoms with van der Waals surface area (Å²) in [4.78, 5) is 8.02. The second-order valence-corrected chi connectivity index (χ2v) is 4.04. The van der Waals surface area contributed by atoms with Gasteiger partial charge in [0.25, 0.3) is 0 Å². The summed E-state index contributed by atoms with van der Waals surface area (Å²) >= 11 is 3.34. The molecule has 2 aromatic rings. The average molecular weight is 268 g/mol. The summed E-state index contributed by atoms with van der Waals surface area (Å²) in [6.07, 6.45) is 6.93. The van der Waals surface area contributed by atoms with Crippen LogP contribution in [0.2, 0.25) is 0 Å². The number of aromatic nitrogens is 3. The Hall–Kier alpha value is -1.36. The van der Waals surface area contributed by atoms with Crippen LogP contribution in [0.5, 0.6) is 5.75 Å². The van der Waals surface area contributed by atoms with Crippen molar-refractivity contribution in [3.63, 3.8) is 0 Å². The van der Waals surface area contributed by atoms with Crippen LogP contribution >= 0.6 is 15.9 Å². The third-order valence-electron chi connectivity index (χ3n) is 1.98. The molecular formula is C10H10BrN3O. The maximum atomic E-state index is 5.56. The van der Waals surface area contributed by atoms with Gasteiger partial charge < -0.3 is 9.30 Å². The summed E-state index contributed by atoms with van der Waals surface area (Å²) in [5.74, 6) is 0.741. The zero-order valence-electron chi connectivity index (χ0n) is 8.22. The molecule has 5 heteroatoms. The molecule has 0 N–H and O–H groups in total. The van der Waals surface area contributed by atoms with Gasteiger partial charge in [-0.1, -0.05) is 0 Å². The molecule has 0 unspecified atom stereocenters. The van der Waals surface area contributed by atoms with E-state index in [2.05, 4.69) is 25.9 Å². The van der Waals surface area contributed by atoms with Crippen molar-refractivity contribution in [1.82, 2.24) is 14.5 Å². The Bertz CT molecular complexity index is 455. The minimum atomic E-state index is 0.495. The van der Waals surface area contributed by atoms with Crippen LogP contribution in [-0.4, -0.2) is 14.5 Å². The van der Waals surface area contributed by atoms with Crippen LogP contribution in [0.15, 0.2) is 35.5 Å². The van der Waals surface area contributed by atoms with Gasteiger partial charge in [0.1, 0.15) is 12.4 Å². The summed E-state index contributed by atoms with van der Waals surface area (Å²) in [6, 6.07) is 1.88. The molecule has 0 aliphatic rings. The number of imidazole rings is 1. The van der Waals surface area contributed by atoms with Gasteiger partial charge >= 0.3 is 0 Å². The Morgan fingerprint density at radius 1 is 1.33 bits per heavy atom. The molecule has 0 saturated carbocycles. The zero-order chi connectivity index (χ0) is 10.7. The third-order valence-corrected chi connectivity index (χ3v) is 2.42. The smallest absolute Gasteiger partial charge is 0.139 e. The molecule has 2 heterocycles. The molecule has 0 aromatic carbocycles. The van der Waals surface area contributed by atoms with Crippen molar-refractivity contribution in [2.24, 2.45) is 7.05 Å². The number of rotatable bonds is 3. The van der Waals surface area contributed by atoms with Crippen LogP contribution in [0.3, 0.4) is 0 Å². The van der Waals surface area contributed by atoms with Crippen molar-refractivity contribution in [3.8, 4) is 5.75 Å². The monoisotopic (exact) mass is 267 g/mol. The number of aryl methyl sites for hydroxylation is 1. The minimum absolute atomic E-state index is 0.495. The van der Waals surface area contributed by atoms with Crippen LogP contribution in [0, 0.1) is 0 Å². The number of hydrogen-bond donors (Lipinski definition) is 0. The molecule has 0 bridgehead atoms.